The number of hydrogen-bond acceptors (Lipinski definition) is 5. The van der Waals surface area contributed by atoms with Crippen LogP contribution in [0, 0.1) is 0 Å². The van der Waals surface area contributed by atoms with Crippen molar-refractivity contribution < 1.29 is 9.15 Å². The van der Waals surface area contributed by atoms with Gasteiger partial charge in [-0.3, -0.25) is 4.90 Å². The van der Waals surface area contributed by atoms with Crippen LogP contribution in [0.5, 0.6) is 0 Å². The number of nitrogens with one attached hydrogen (secondary N) is 1. The Hall–Kier alpha value is -1.59. The molecule has 0 radical (unpaired) electrons. The molecule has 1 aromatic carbocycles. The van der Waals surface area contributed by atoms with Gasteiger partial charge in [0.05, 0.1) is 13.2 Å². The maximum absolute atomic E-state index is 5.64. The molecular weight excluding hydrogens is 242 g/mol. The maximum Gasteiger partial charge on any atom is 0.295 e. The summed E-state index contributed by atoms with van der Waals surface area (Å²) < 4.78 is 11.0. The van der Waals surface area contributed by atoms with Gasteiger partial charge in [-0.2, -0.15) is 4.98 Å². The van der Waals surface area contributed by atoms with Crippen LogP contribution in [-0.2, 0) is 4.74 Å². The SMILES string of the molecule is C[C@@H](CNc1nc2ccccc2o1)N1CCOCC1. The highest BCUT2D eigenvalue weighted by atomic mass is 16.5. The number of para-hydroxylation sites is 2. The Bertz CT molecular complexity index is 501. The molecule has 1 aliphatic rings. The Labute approximate surface area is 112 Å². The van der Waals surface area contributed by atoms with Crippen LogP contribution in [0.3, 0.4) is 0 Å². The molecule has 0 unspecified atom stereocenters. The van der Waals surface area contributed by atoms with E-state index in [2.05, 4.69) is 22.1 Å². The van der Waals surface area contributed by atoms with Gasteiger partial charge in [0, 0.05) is 25.7 Å². The van der Waals surface area contributed by atoms with Crippen LogP contribution in [0.15, 0.2) is 28.7 Å². The Morgan fingerprint density at radius 2 is 2.11 bits per heavy atom. The summed E-state index contributed by atoms with van der Waals surface area (Å²) in [7, 11) is 0. The van der Waals surface area contributed by atoms with Crippen molar-refractivity contribution in [2.24, 2.45) is 0 Å². The van der Waals surface area contributed by atoms with Crippen molar-refractivity contribution in [2.45, 2.75) is 13.0 Å². The van der Waals surface area contributed by atoms with Gasteiger partial charge in [-0.15, -0.1) is 0 Å². The van der Waals surface area contributed by atoms with Gasteiger partial charge in [-0.1, -0.05) is 12.1 Å². The zero-order valence-corrected chi connectivity index (χ0v) is 11.1. The third kappa shape index (κ3) is 2.88. The topological polar surface area (TPSA) is 50.5 Å². The van der Waals surface area contributed by atoms with E-state index in [1.807, 2.05) is 24.3 Å². The molecule has 1 saturated heterocycles. The summed E-state index contributed by atoms with van der Waals surface area (Å²) >= 11 is 0. The number of oxazole rings is 1. The van der Waals surface area contributed by atoms with Crippen LogP contribution >= 0.6 is 0 Å². The van der Waals surface area contributed by atoms with E-state index in [-0.39, 0.29) is 0 Å². The van der Waals surface area contributed by atoms with Crippen LogP contribution in [0.25, 0.3) is 11.1 Å². The molecule has 0 spiro atoms. The Morgan fingerprint density at radius 3 is 2.89 bits per heavy atom. The molecule has 19 heavy (non-hydrogen) atoms. The standard InChI is InChI=1S/C14H19N3O2/c1-11(17-6-8-18-9-7-17)10-15-14-16-12-4-2-3-5-13(12)19-14/h2-5,11H,6-10H2,1H3,(H,15,16)/t11-/m0/s1. The predicted molar refractivity (Wildman–Crippen MR) is 74.4 cm³/mol. The lowest BCUT2D eigenvalue weighted by atomic mass is 10.2. The van der Waals surface area contributed by atoms with Crippen molar-refractivity contribution in [3.05, 3.63) is 24.3 Å². The van der Waals surface area contributed by atoms with Gasteiger partial charge in [0.15, 0.2) is 5.58 Å². The van der Waals surface area contributed by atoms with E-state index < -0.39 is 0 Å². The molecule has 1 aliphatic heterocycles. The van der Waals surface area contributed by atoms with Crippen LogP contribution in [0.2, 0.25) is 0 Å². The summed E-state index contributed by atoms with van der Waals surface area (Å²) in [5, 5.41) is 3.27. The number of hydrogen-bond donors (Lipinski definition) is 1. The molecule has 1 fully saturated rings. The first-order valence-corrected chi connectivity index (χ1v) is 6.74. The normalized spacial score (nSPS) is 18.6. The van der Waals surface area contributed by atoms with Crippen molar-refractivity contribution in [1.82, 2.24) is 9.88 Å². The molecule has 5 heteroatoms. The highest BCUT2D eigenvalue weighted by Gasteiger charge is 2.17. The van der Waals surface area contributed by atoms with Gasteiger partial charge >= 0.3 is 0 Å². The van der Waals surface area contributed by atoms with E-state index in [1.165, 1.54) is 0 Å². The number of morpholine rings is 1. The summed E-state index contributed by atoms with van der Waals surface area (Å²) in [6, 6.07) is 8.84. The molecule has 3 rings (SSSR count). The van der Waals surface area contributed by atoms with E-state index in [9.17, 15) is 0 Å². The van der Waals surface area contributed by atoms with Crippen LogP contribution in [0.1, 0.15) is 6.92 Å². The highest BCUT2D eigenvalue weighted by Crippen LogP contribution is 2.18. The molecule has 2 aromatic rings. The minimum Gasteiger partial charge on any atom is -0.424 e. The number of anilines is 1. The summed E-state index contributed by atoms with van der Waals surface area (Å²) in [5.41, 5.74) is 1.72. The fraction of sp³-hybridized carbons (Fsp3) is 0.500. The molecule has 0 amide bonds. The van der Waals surface area contributed by atoms with E-state index in [0.717, 1.165) is 43.9 Å². The zero-order valence-electron chi connectivity index (χ0n) is 11.1. The lowest BCUT2D eigenvalue weighted by molar-refractivity contribution is 0.0226. The van der Waals surface area contributed by atoms with Gasteiger partial charge in [-0.25, -0.2) is 0 Å². The number of ether oxygens (including phenoxy) is 1. The van der Waals surface area contributed by atoms with Gasteiger partial charge < -0.3 is 14.5 Å². The molecule has 1 atom stereocenters. The monoisotopic (exact) mass is 261 g/mol. The lowest BCUT2D eigenvalue weighted by Gasteiger charge is -2.32. The molecule has 102 valence electrons. The Balaban J connectivity index is 1.58. The second-order valence-electron chi connectivity index (χ2n) is 4.87. The predicted octanol–water partition coefficient (Wildman–Crippen LogP) is 1.96. The molecule has 1 N–H and O–H groups in total. The second-order valence-corrected chi connectivity index (χ2v) is 4.87. The van der Waals surface area contributed by atoms with Crippen molar-refractivity contribution in [3.8, 4) is 0 Å². The fourth-order valence-corrected chi connectivity index (χ4v) is 2.33. The van der Waals surface area contributed by atoms with Gasteiger partial charge in [0.2, 0.25) is 0 Å². The number of rotatable bonds is 4. The third-order valence-electron chi connectivity index (χ3n) is 3.51. The van der Waals surface area contributed by atoms with Gasteiger partial charge in [-0.05, 0) is 19.1 Å². The molecule has 0 aliphatic carbocycles. The number of nitrogens with zero attached hydrogens (tertiary/aromatic N) is 2. The highest BCUT2D eigenvalue weighted by molar-refractivity contribution is 5.74. The summed E-state index contributed by atoms with van der Waals surface area (Å²) in [5.74, 6) is 0. The maximum atomic E-state index is 5.64. The summed E-state index contributed by atoms with van der Waals surface area (Å²) in [4.78, 5) is 6.82. The third-order valence-corrected chi connectivity index (χ3v) is 3.51. The molecule has 1 aromatic heterocycles. The van der Waals surface area contributed by atoms with Crippen LogP contribution in [0.4, 0.5) is 6.01 Å². The largest absolute Gasteiger partial charge is 0.424 e. The number of aromatic nitrogens is 1. The summed E-state index contributed by atoms with van der Waals surface area (Å²) in [6.07, 6.45) is 0. The molecular formula is C14H19N3O2. The summed E-state index contributed by atoms with van der Waals surface area (Å²) in [6.45, 7) is 6.68. The first kappa shape index (κ1) is 12.4. The van der Waals surface area contributed by atoms with Gasteiger partial charge in [0.1, 0.15) is 5.52 Å². The fourth-order valence-electron chi connectivity index (χ4n) is 2.33. The number of benzene rings is 1. The van der Waals surface area contributed by atoms with E-state index in [4.69, 9.17) is 9.15 Å². The average Bonchev–Trinajstić information content (AvgIpc) is 2.88. The Morgan fingerprint density at radius 1 is 1.32 bits per heavy atom. The second kappa shape index (κ2) is 5.59. The van der Waals surface area contributed by atoms with Crippen molar-refractivity contribution in [3.63, 3.8) is 0 Å². The van der Waals surface area contributed by atoms with Crippen LogP contribution in [-0.4, -0.2) is 48.8 Å². The number of fused-ring (bicyclic) bond motifs is 1. The molecule has 0 bridgehead atoms. The first-order chi connectivity index (χ1) is 9.33. The first-order valence-electron chi connectivity index (χ1n) is 6.74. The van der Waals surface area contributed by atoms with Crippen molar-refractivity contribution in [2.75, 3.05) is 38.2 Å². The Kier molecular flexibility index (Phi) is 3.66. The zero-order chi connectivity index (χ0) is 13.1. The molecule has 0 saturated carbocycles. The molecule has 2 heterocycles. The minimum absolute atomic E-state index is 0.443. The van der Waals surface area contributed by atoms with E-state index >= 15 is 0 Å². The average molecular weight is 261 g/mol. The lowest BCUT2D eigenvalue weighted by Crippen LogP contribution is -2.45. The van der Waals surface area contributed by atoms with E-state index in [0.29, 0.717) is 12.1 Å². The van der Waals surface area contributed by atoms with Gasteiger partial charge in [0.25, 0.3) is 6.01 Å². The molecule has 5 nitrogen and oxygen atoms in total. The van der Waals surface area contributed by atoms with Crippen molar-refractivity contribution in [1.29, 1.82) is 0 Å². The van der Waals surface area contributed by atoms with Crippen LogP contribution < -0.4 is 5.32 Å². The minimum atomic E-state index is 0.443. The van der Waals surface area contributed by atoms with E-state index in [1.54, 1.807) is 0 Å². The smallest absolute Gasteiger partial charge is 0.295 e. The quantitative estimate of drug-likeness (QED) is 0.911. The van der Waals surface area contributed by atoms with Crippen molar-refractivity contribution >= 4 is 17.1 Å².